The molecule has 0 aliphatic rings. The fourth-order valence-electron chi connectivity index (χ4n) is 2.77. The number of nitrogens with zero attached hydrogens (tertiary/aromatic N) is 3. The van der Waals surface area contributed by atoms with Crippen LogP contribution in [0, 0.1) is 11.8 Å². The van der Waals surface area contributed by atoms with Gasteiger partial charge in [-0.3, -0.25) is 9.59 Å². The Kier molecular flexibility index (Phi) is 12.2. The van der Waals surface area contributed by atoms with Gasteiger partial charge in [0.15, 0.2) is 0 Å². The van der Waals surface area contributed by atoms with Crippen LogP contribution in [0.3, 0.4) is 0 Å². The molecule has 1 aromatic heterocycles. The third kappa shape index (κ3) is 11.0. The van der Waals surface area contributed by atoms with Crippen LogP contribution in [0.2, 0.25) is 0 Å². The van der Waals surface area contributed by atoms with Crippen molar-refractivity contribution in [2.24, 2.45) is 0 Å². The largest absolute Gasteiger partial charge is 0.352 e. The van der Waals surface area contributed by atoms with Crippen LogP contribution in [0.4, 0.5) is 4.39 Å². The number of carbonyl (C=O) groups is 2. The summed E-state index contributed by atoms with van der Waals surface area (Å²) < 4.78 is 13.6. The lowest BCUT2D eigenvalue weighted by molar-refractivity contribution is -0.121. The number of carbonyl (C=O) groups excluding carboxylic acids is 2. The highest BCUT2D eigenvalue weighted by Crippen LogP contribution is 2.01. The maximum absolute atomic E-state index is 12.1. The molecule has 0 saturated carbocycles. The molecule has 0 aliphatic carbocycles. The van der Waals surface area contributed by atoms with Crippen LogP contribution in [-0.2, 0) is 35.6 Å². The standard InChI is InChI=1S/C14H17FN4O.C12H13NO/c15-8-9-19-11-13(17-18-19)6-7-14(20)16-10-12-4-2-1-3-5-12;1-2-3-9-12(14)13-10-11-7-5-4-6-8-11/h1-5,11H,6-10H2,(H,16,20);4-8H,2,10H2,1H3,(H,13,14). The van der Waals surface area contributed by atoms with Crippen LogP contribution < -0.4 is 10.6 Å². The van der Waals surface area contributed by atoms with Crippen molar-refractivity contribution >= 4 is 11.8 Å². The van der Waals surface area contributed by atoms with Gasteiger partial charge in [-0.05, 0) is 17.0 Å². The summed E-state index contributed by atoms with van der Waals surface area (Å²) in [7, 11) is 0. The summed E-state index contributed by atoms with van der Waals surface area (Å²) in [6.45, 7) is 2.71. The molecule has 3 aromatic rings. The first-order valence-electron chi connectivity index (χ1n) is 11.2. The Labute approximate surface area is 199 Å². The molecule has 178 valence electrons. The average molecular weight is 464 g/mol. The summed E-state index contributed by atoms with van der Waals surface area (Å²) in [5, 5.41) is 13.2. The van der Waals surface area contributed by atoms with Crippen molar-refractivity contribution in [2.75, 3.05) is 6.67 Å². The predicted molar refractivity (Wildman–Crippen MR) is 129 cm³/mol. The van der Waals surface area contributed by atoms with Gasteiger partial charge < -0.3 is 10.6 Å². The number of nitrogens with one attached hydrogen (secondary N) is 2. The molecule has 2 N–H and O–H groups in total. The zero-order valence-electron chi connectivity index (χ0n) is 19.3. The third-order valence-corrected chi connectivity index (χ3v) is 4.52. The van der Waals surface area contributed by atoms with Crippen LogP contribution in [0.1, 0.15) is 36.6 Å². The van der Waals surface area contributed by atoms with Gasteiger partial charge in [0.05, 0.1) is 12.2 Å². The van der Waals surface area contributed by atoms with Gasteiger partial charge >= 0.3 is 0 Å². The molecule has 0 bridgehead atoms. The molecular formula is C26H30FN5O2. The van der Waals surface area contributed by atoms with Crippen LogP contribution in [0.25, 0.3) is 0 Å². The lowest BCUT2D eigenvalue weighted by Gasteiger charge is -2.04. The van der Waals surface area contributed by atoms with Crippen LogP contribution >= 0.6 is 0 Å². The van der Waals surface area contributed by atoms with Gasteiger partial charge in [-0.1, -0.05) is 78.7 Å². The summed E-state index contributed by atoms with van der Waals surface area (Å²) in [6.07, 6.45) is 3.23. The number of benzene rings is 2. The van der Waals surface area contributed by atoms with E-state index in [1.54, 1.807) is 6.20 Å². The summed E-state index contributed by atoms with van der Waals surface area (Å²) in [5.41, 5.74) is 2.85. The highest BCUT2D eigenvalue weighted by Gasteiger charge is 2.05. The molecule has 7 nitrogen and oxygen atoms in total. The van der Waals surface area contributed by atoms with E-state index >= 15 is 0 Å². The Hall–Kier alpha value is -3.99. The first-order chi connectivity index (χ1) is 16.6. The molecule has 3 rings (SSSR count). The number of hydrogen-bond acceptors (Lipinski definition) is 4. The molecule has 0 fully saturated rings. The smallest absolute Gasteiger partial charge is 0.296 e. The number of halogens is 1. The summed E-state index contributed by atoms with van der Waals surface area (Å²) in [5.74, 6) is 4.98. The van der Waals surface area contributed by atoms with Gasteiger partial charge in [-0.2, -0.15) is 0 Å². The van der Waals surface area contributed by atoms with Gasteiger partial charge in [-0.25, -0.2) is 9.07 Å². The maximum atomic E-state index is 12.1. The van der Waals surface area contributed by atoms with Crippen LogP contribution in [0.15, 0.2) is 66.9 Å². The Morgan fingerprint density at radius 3 is 2.18 bits per heavy atom. The molecule has 0 atom stereocenters. The van der Waals surface area contributed by atoms with Gasteiger partial charge in [-0.15, -0.1) is 5.10 Å². The molecule has 8 heteroatoms. The lowest BCUT2D eigenvalue weighted by atomic mass is 10.2. The van der Waals surface area contributed by atoms with Crippen LogP contribution in [-0.4, -0.2) is 33.5 Å². The number of aryl methyl sites for hydroxylation is 2. The first kappa shape index (κ1) is 26.3. The van der Waals surface area contributed by atoms with Crippen LogP contribution in [0.5, 0.6) is 0 Å². The maximum Gasteiger partial charge on any atom is 0.296 e. The Bertz CT molecular complexity index is 1060. The second-order valence-electron chi connectivity index (χ2n) is 7.25. The van der Waals surface area contributed by atoms with E-state index in [1.807, 2.05) is 67.6 Å². The number of amides is 2. The lowest BCUT2D eigenvalue weighted by Crippen LogP contribution is -2.22. The average Bonchev–Trinajstić information content (AvgIpc) is 3.33. The minimum absolute atomic E-state index is 0.0334. The summed E-state index contributed by atoms with van der Waals surface area (Å²) in [4.78, 5) is 22.8. The summed E-state index contributed by atoms with van der Waals surface area (Å²) in [6, 6.07) is 19.5. The van der Waals surface area contributed by atoms with Crippen molar-refractivity contribution in [1.29, 1.82) is 0 Å². The van der Waals surface area contributed by atoms with E-state index < -0.39 is 6.67 Å². The fraction of sp³-hybridized carbons (Fsp3) is 0.308. The third-order valence-electron chi connectivity index (χ3n) is 4.52. The summed E-state index contributed by atoms with van der Waals surface area (Å²) >= 11 is 0. The molecule has 0 spiro atoms. The molecule has 0 saturated heterocycles. The Morgan fingerprint density at radius 2 is 1.59 bits per heavy atom. The first-order valence-corrected chi connectivity index (χ1v) is 11.2. The zero-order chi connectivity index (χ0) is 24.4. The van der Waals surface area contributed by atoms with Crippen molar-refractivity contribution in [3.63, 3.8) is 0 Å². The second-order valence-corrected chi connectivity index (χ2v) is 7.25. The molecule has 0 aliphatic heterocycles. The molecular weight excluding hydrogens is 433 g/mol. The minimum atomic E-state index is -0.472. The zero-order valence-corrected chi connectivity index (χ0v) is 19.3. The van der Waals surface area contributed by atoms with Gasteiger partial charge in [0.2, 0.25) is 5.91 Å². The van der Waals surface area contributed by atoms with E-state index in [2.05, 4.69) is 32.8 Å². The SMILES string of the molecule is CCC#CC(=O)NCc1ccccc1.O=C(CCc1cn(CCF)nn1)NCc1ccccc1. The number of hydrogen-bond donors (Lipinski definition) is 2. The van der Waals surface area contributed by atoms with Gasteiger partial charge in [0, 0.05) is 38.5 Å². The molecule has 0 radical (unpaired) electrons. The highest BCUT2D eigenvalue weighted by atomic mass is 19.1. The highest BCUT2D eigenvalue weighted by molar-refractivity contribution is 5.93. The normalized spacial score (nSPS) is 9.71. The van der Waals surface area contributed by atoms with Gasteiger partial charge in [0.25, 0.3) is 5.91 Å². The number of alkyl halides is 1. The van der Waals surface area contributed by atoms with Crippen molar-refractivity contribution in [1.82, 2.24) is 25.6 Å². The number of aromatic nitrogens is 3. The molecule has 34 heavy (non-hydrogen) atoms. The second kappa shape index (κ2) is 15.8. The Morgan fingerprint density at radius 1 is 0.971 bits per heavy atom. The van der Waals surface area contributed by atoms with Crippen molar-refractivity contribution < 1.29 is 14.0 Å². The topological polar surface area (TPSA) is 88.9 Å². The van der Waals surface area contributed by atoms with E-state index in [-0.39, 0.29) is 18.4 Å². The van der Waals surface area contributed by atoms with Gasteiger partial charge in [0.1, 0.15) is 6.67 Å². The van der Waals surface area contributed by atoms with Crippen molar-refractivity contribution in [3.05, 3.63) is 83.7 Å². The monoisotopic (exact) mass is 463 g/mol. The molecule has 0 unspecified atom stereocenters. The van der Waals surface area contributed by atoms with E-state index in [4.69, 9.17) is 0 Å². The van der Waals surface area contributed by atoms with E-state index in [9.17, 15) is 14.0 Å². The fourth-order valence-corrected chi connectivity index (χ4v) is 2.77. The van der Waals surface area contributed by atoms with E-state index in [0.29, 0.717) is 38.0 Å². The van der Waals surface area contributed by atoms with Crippen molar-refractivity contribution in [3.8, 4) is 11.8 Å². The molecule has 2 aromatic carbocycles. The number of rotatable bonds is 9. The quantitative estimate of drug-likeness (QED) is 0.477. The predicted octanol–water partition coefficient (Wildman–Crippen LogP) is 3.21. The molecule has 1 heterocycles. The molecule has 2 amide bonds. The van der Waals surface area contributed by atoms with Crippen molar-refractivity contribution in [2.45, 2.75) is 45.8 Å². The van der Waals surface area contributed by atoms with E-state index in [0.717, 1.165) is 11.1 Å². The minimum Gasteiger partial charge on any atom is -0.352 e. The van der Waals surface area contributed by atoms with E-state index in [1.165, 1.54) is 4.68 Å². The Balaban J connectivity index is 0.000000257.